The molecule has 1 aromatic heterocycles. The van der Waals surface area contributed by atoms with Crippen molar-refractivity contribution in [3.05, 3.63) is 216 Å². The number of fused-ring (bicyclic) bond motifs is 7. The lowest BCUT2D eigenvalue weighted by atomic mass is 9.76. The summed E-state index contributed by atoms with van der Waals surface area (Å²) in [5.41, 5.74) is 15.5. The van der Waals surface area contributed by atoms with Crippen LogP contribution in [0.3, 0.4) is 0 Å². The van der Waals surface area contributed by atoms with Crippen molar-refractivity contribution in [2.45, 2.75) is 31.1 Å². The number of nitrogens with zero attached hydrogens (tertiary/aromatic N) is 2. The molecule has 2 nitrogen and oxygen atoms in total. The van der Waals surface area contributed by atoms with E-state index in [1.807, 2.05) is 11.3 Å². The van der Waals surface area contributed by atoms with Crippen molar-refractivity contribution in [3.63, 3.8) is 0 Å². The van der Waals surface area contributed by atoms with E-state index in [0.717, 1.165) is 37.1 Å². The van der Waals surface area contributed by atoms with Gasteiger partial charge in [-0.05, 0) is 144 Å². The number of hydrogen-bond donors (Lipinski definition) is 0. The zero-order chi connectivity index (χ0) is 37.1. The molecule has 0 saturated heterocycles. The fraction of sp³-hybridized carbons (Fsp3) is 0.0943. The van der Waals surface area contributed by atoms with Crippen molar-refractivity contribution in [2.24, 2.45) is 0 Å². The molecule has 1 heterocycles. The second-order valence-corrected chi connectivity index (χ2v) is 16.4. The number of thiophene rings is 1. The summed E-state index contributed by atoms with van der Waals surface area (Å²) in [6.45, 7) is 0. The highest BCUT2D eigenvalue weighted by Gasteiger charge is 2.45. The van der Waals surface area contributed by atoms with Gasteiger partial charge in [0.2, 0.25) is 0 Å². The Labute approximate surface area is 332 Å². The summed E-state index contributed by atoms with van der Waals surface area (Å²) >= 11 is 1.87. The summed E-state index contributed by atoms with van der Waals surface area (Å²) in [5.74, 6) is 0. The first-order valence-electron chi connectivity index (χ1n) is 19.8. The topological polar surface area (TPSA) is 6.48 Å². The maximum atomic E-state index is 2.53. The normalized spacial score (nSPS) is 15.6. The van der Waals surface area contributed by atoms with Gasteiger partial charge in [-0.25, -0.2) is 0 Å². The Balaban J connectivity index is 1.02. The minimum atomic E-state index is -0.0217. The Bertz CT molecular complexity index is 2860. The van der Waals surface area contributed by atoms with Crippen molar-refractivity contribution in [3.8, 4) is 11.1 Å². The highest BCUT2D eigenvalue weighted by atomic mass is 32.1. The minimum Gasteiger partial charge on any atom is -0.310 e. The van der Waals surface area contributed by atoms with Crippen LogP contribution in [-0.2, 0) is 18.3 Å². The smallest absolute Gasteiger partial charge is 0.0468 e. The second kappa shape index (κ2) is 13.4. The molecule has 268 valence electrons. The van der Waals surface area contributed by atoms with Crippen LogP contribution in [0.5, 0.6) is 0 Å². The molecule has 11 rings (SSSR count). The monoisotopic (exact) mass is 736 g/mol. The van der Waals surface area contributed by atoms with Crippen LogP contribution in [-0.4, -0.2) is 0 Å². The zero-order valence-corrected chi connectivity index (χ0v) is 31.9. The maximum absolute atomic E-state index is 2.53. The van der Waals surface area contributed by atoms with Gasteiger partial charge in [0.05, 0.1) is 0 Å². The molecule has 9 aromatic rings. The molecular weight excluding hydrogens is 697 g/mol. The third-order valence-corrected chi connectivity index (χ3v) is 13.4. The number of aryl methyl sites for hydroxylation is 2. The van der Waals surface area contributed by atoms with Crippen LogP contribution >= 0.6 is 11.3 Å². The van der Waals surface area contributed by atoms with Gasteiger partial charge in [-0.15, -0.1) is 11.3 Å². The lowest BCUT2D eigenvalue weighted by Gasteiger charge is -2.31. The lowest BCUT2D eigenvalue weighted by molar-refractivity contribution is 0.507. The van der Waals surface area contributed by atoms with E-state index in [0.29, 0.717) is 0 Å². The van der Waals surface area contributed by atoms with Crippen LogP contribution in [0.15, 0.2) is 194 Å². The molecule has 3 heteroatoms. The van der Waals surface area contributed by atoms with E-state index in [-0.39, 0.29) is 5.41 Å². The second-order valence-electron chi connectivity index (χ2n) is 15.3. The van der Waals surface area contributed by atoms with Crippen molar-refractivity contribution in [1.29, 1.82) is 0 Å². The SMILES string of the molecule is c1ccc(-c2ccc(N(c3ccccc3)c3ccc4c(c3)[C@@]3(CC4)CCc4ccc(N(c5ccccc5)c5ccc6sc7ccccc7c6c5)cc43)cc2)cc1. The average molecular weight is 737 g/mol. The molecule has 56 heavy (non-hydrogen) atoms. The Hall–Kier alpha value is -6.42. The van der Waals surface area contributed by atoms with Gasteiger partial charge in [-0.3, -0.25) is 0 Å². The van der Waals surface area contributed by atoms with Gasteiger partial charge >= 0.3 is 0 Å². The number of hydrogen-bond acceptors (Lipinski definition) is 3. The van der Waals surface area contributed by atoms with E-state index in [4.69, 9.17) is 0 Å². The Morgan fingerprint density at radius 3 is 1.43 bits per heavy atom. The van der Waals surface area contributed by atoms with Crippen molar-refractivity contribution in [2.75, 3.05) is 9.80 Å². The first-order chi connectivity index (χ1) is 27.7. The molecule has 0 unspecified atom stereocenters. The summed E-state index contributed by atoms with van der Waals surface area (Å²) in [7, 11) is 0. The number of benzene rings is 8. The van der Waals surface area contributed by atoms with Gasteiger partial charge in [0, 0.05) is 59.7 Å². The molecule has 2 aliphatic rings. The van der Waals surface area contributed by atoms with Crippen LogP contribution in [0.1, 0.15) is 35.1 Å². The lowest BCUT2D eigenvalue weighted by Crippen LogP contribution is -2.22. The first kappa shape index (κ1) is 33.0. The van der Waals surface area contributed by atoms with Gasteiger partial charge in [-0.1, -0.05) is 109 Å². The molecule has 0 saturated carbocycles. The van der Waals surface area contributed by atoms with Crippen molar-refractivity contribution in [1.82, 2.24) is 0 Å². The summed E-state index contributed by atoms with van der Waals surface area (Å²) in [5, 5.41) is 2.64. The van der Waals surface area contributed by atoms with Crippen molar-refractivity contribution >= 4 is 65.6 Å². The molecule has 2 aliphatic carbocycles. The molecule has 0 aliphatic heterocycles. The van der Waals surface area contributed by atoms with Crippen LogP contribution in [0.25, 0.3) is 31.3 Å². The van der Waals surface area contributed by atoms with E-state index in [2.05, 4.69) is 204 Å². The Morgan fingerprint density at radius 1 is 0.357 bits per heavy atom. The van der Waals surface area contributed by atoms with Gasteiger partial charge < -0.3 is 9.80 Å². The van der Waals surface area contributed by atoms with Crippen LogP contribution in [0, 0.1) is 0 Å². The fourth-order valence-corrected chi connectivity index (χ4v) is 10.7. The molecule has 1 atom stereocenters. The third-order valence-electron chi connectivity index (χ3n) is 12.3. The molecule has 1 spiro atoms. The molecule has 0 amide bonds. The summed E-state index contributed by atoms with van der Waals surface area (Å²) in [4.78, 5) is 4.88. The van der Waals surface area contributed by atoms with E-state index in [1.165, 1.54) is 76.3 Å². The third kappa shape index (κ3) is 5.45. The molecule has 8 aromatic carbocycles. The summed E-state index contributed by atoms with van der Waals surface area (Å²) in [6, 6.07) is 71.8. The van der Waals surface area contributed by atoms with Gasteiger partial charge in [0.15, 0.2) is 0 Å². The predicted molar refractivity (Wildman–Crippen MR) is 238 cm³/mol. The summed E-state index contributed by atoms with van der Waals surface area (Å²) in [6.07, 6.45) is 4.47. The van der Waals surface area contributed by atoms with Gasteiger partial charge in [-0.2, -0.15) is 0 Å². The molecule has 0 N–H and O–H groups in total. The standard InChI is InChI=1S/C53H40N2S/c1-4-12-37(13-5-1)38-20-24-43(25-21-38)54(41-14-6-2-7-15-41)45-26-22-39-30-32-53(49(39)35-45)33-31-40-23-27-46(36-50(40)53)55(42-16-8-3-9-17-42)44-28-29-52-48(34-44)47-18-10-11-19-51(47)56-52/h1-29,34-36H,30-33H2/t53-/m1/s1. The molecule has 0 bridgehead atoms. The average Bonchev–Trinajstić information content (AvgIpc) is 3.95. The highest BCUT2D eigenvalue weighted by Crippen LogP contribution is 2.55. The number of anilines is 6. The Morgan fingerprint density at radius 2 is 0.804 bits per heavy atom. The van der Waals surface area contributed by atoms with Crippen LogP contribution in [0.2, 0.25) is 0 Å². The number of para-hydroxylation sites is 2. The molecular formula is C53H40N2S. The van der Waals surface area contributed by atoms with E-state index in [9.17, 15) is 0 Å². The number of rotatable bonds is 7. The largest absolute Gasteiger partial charge is 0.310 e. The molecule has 0 radical (unpaired) electrons. The minimum absolute atomic E-state index is 0.0217. The van der Waals surface area contributed by atoms with Crippen LogP contribution < -0.4 is 9.80 Å². The summed E-state index contributed by atoms with van der Waals surface area (Å²) < 4.78 is 2.66. The van der Waals surface area contributed by atoms with Gasteiger partial charge in [0.1, 0.15) is 0 Å². The zero-order valence-electron chi connectivity index (χ0n) is 31.1. The molecule has 0 fully saturated rings. The van der Waals surface area contributed by atoms with Gasteiger partial charge in [0.25, 0.3) is 0 Å². The van der Waals surface area contributed by atoms with Crippen molar-refractivity contribution < 1.29 is 0 Å². The van der Waals surface area contributed by atoms with E-state index < -0.39 is 0 Å². The fourth-order valence-electron chi connectivity index (χ4n) is 9.57. The Kier molecular flexibility index (Phi) is 7.89. The predicted octanol–water partition coefficient (Wildman–Crippen LogP) is 14.8. The van der Waals surface area contributed by atoms with Crippen LogP contribution in [0.4, 0.5) is 34.1 Å². The maximum Gasteiger partial charge on any atom is 0.0468 e. The van der Waals surface area contributed by atoms with E-state index >= 15 is 0 Å². The highest BCUT2D eigenvalue weighted by molar-refractivity contribution is 7.25. The van der Waals surface area contributed by atoms with E-state index in [1.54, 1.807) is 0 Å². The quantitative estimate of drug-likeness (QED) is 0.161. The first-order valence-corrected chi connectivity index (χ1v) is 20.6.